The maximum atomic E-state index is 11.7. The van der Waals surface area contributed by atoms with Gasteiger partial charge in [0, 0.05) is 22.8 Å². The number of rotatable bonds is 2. The number of esters is 1. The SMILES string of the molecule is C=C(C)C(=O)OC1C2OS(=O)(=O)CC34C1CC3C24. The Bertz CT molecular complexity index is 579. The Morgan fingerprint density at radius 2 is 2.17 bits per heavy atom. The summed E-state index contributed by atoms with van der Waals surface area (Å²) in [5.41, 5.74) is 0.211. The van der Waals surface area contributed by atoms with Crippen LogP contribution in [0, 0.1) is 23.2 Å². The van der Waals surface area contributed by atoms with Gasteiger partial charge in [-0.1, -0.05) is 6.58 Å². The zero-order valence-electron chi connectivity index (χ0n) is 9.96. The molecule has 0 radical (unpaired) electrons. The van der Waals surface area contributed by atoms with Gasteiger partial charge in [0.05, 0.1) is 5.75 Å². The van der Waals surface area contributed by atoms with Crippen LogP contribution in [0.5, 0.6) is 0 Å². The number of hydrogen-bond donors (Lipinski definition) is 0. The van der Waals surface area contributed by atoms with Crippen LogP contribution in [0.1, 0.15) is 13.3 Å². The quantitative estimate of drug-likeness (QED) is 0.414. The van der Waals surface area contributed by atoms with E-state index in [0.29, 0.717) is 11.5 Å². The molecule has 0 amide bonds. The first kappa shape index (κ1) is 11.0. The molecule has 0 aromatic carbocycles. The number of carbonyl (C=O) groups excluding carboxylic acids is 1. The van der Waals surface area contributed by atoms with Gasteiger partial charge >= 0.3 is 5.97 Å². The molecule has 4 rings (SSSR count). The van der Waals surface area contributed by atoms with Crippen molar-refractivity contribution in [3.63, 3.8) is 0 Å². The molecule has 1 saturated heterocycles. The molecule has 2 bridgehead atoms. The molecule has 5 nitrogen and oxygen atoms in total. The molecular weight excluding hydrogens is 256 g/mol. The minimum atomic E-state index is -3.44. The lowest BCUT2D eigenvalue weighted by atomic mass is 9.71. The average Bonchev–Trinajstić information content (AvgIpc) is 2.70. The Morgan fingerprint density at radius 3 is 2.83 bits per heavy atom. The van der Waals surface area contributed by atoms with Gasteiger partial charge in [0.1, 0.15) is 12.2 Å². The van der Waals surface area contributed by atoms with Gasteiger partial charge in [0.2, 0.25) is 0 Å². The zero-order chi connectivity index (χ0) is 12.9. The van der Waals surface area contributed by atoms with Crippen LogP contribution in [-0.4, -0.2) is 32.3 Å². The minimum Gasteiger partial charge on any atom is -0.456 e. The van der Waals surface area contributed by atoms with E-state index in [9.17, 15) is 13.2 Å². The maximum Gasteiger partial charge on any atom is 0.333 e. The highest BCUT2D eigenvalue weighted by molar-refractivity contribution is 7.86. The lowest BCUT2D eigenvalue weighted by molar-refractivity contribution is -0.156. The van der Waals surface area contributed by atoms with Crippen molar-refractivity contribution in [2.75, 3.05) is 5.75 Å². The van der Waals surface area contributed by atoms with Crippen molar-refractivity contribution < 1.29 is 22.1 Å². The largest absolute Gasteiger partial charge is 0.456 e. The Morgan fingerprint density at radius 1 is 1.44 bits per heavy atom. The van der Waals surface area contributed by atoms with Crippen LogP contribution in [-0.2, 0) is 23.8 Å². The molecule has 0 N–H and O–H groups in total. The van der Waals surface area contributed by atoms with E-state index < -0.39 is 28.3 Å². The van der Waals surface area contributed by atoms with E-state index in [4.69, 9.17) is 8.92 Å². The standard InChI is InChI=1S/C12H14O5S/c1-5(2)11(13)16-9-7-3-6-8-10(9)17-18(14,15)4-12(6,7)8/h6-10H,1,3-4H2,2H3. The van der Waals surface area contributed by atoms with E-state index in [1.807, 2.05) is 0 Å². The van der Waals surface area contributed by atoms with E-state index in [1.54, 1.807) is 6.92 Å². The van der Waals surface area contributed by atoms with E-state index in [0.717, 1.165) is 6.42 Å². The molecule has 4 fully saturated rings. The van der Waals surface area contributed by atoms with Crippen molar-refractivity contribution in [2.24, 2.45) is 23.2 Å². The second-order valence-corrected chi connectivity index (χ2v) is 7.60. The summed E-state index contributed by atoms with van der Waals surface area (Å²) in [4.78, 5) is 11.6. The summed E-state index contributed by atoms with van der Waals surface area (Å²) in [6, 6.07) is 0. The van der Waals surface area contributed by atoms with Crippen molar-refractivity contribution in [1.29, 1.82) is 0 Å². The average molecular weight is 270 g/mol. The number of hydrogen-bond acceptors (Lipinski definition) is 5. The van der Waals surface area contributed by atoms with Gasteiger partial charge < -0.3 is 4.74 Å². The van der Waals surface area contributed by atoms with Crippen LogP contribution in [0.3, 0.4) is 0 Å². The Kier molecular flexibility index (Phi) is 1.72. The molecule has 0 aromatic heterocycles. The Hall–Kier alpha value is -0.880. The fourth-order valence-electron chi connectivity index (χ4n) is 4.51. The van der Waals surface area contributed by atoms with Gasteiger partial charge in [0.25, 0.3) is 10.1 Å². The van der Waals surface area contributed by atoms with Gasteiger partial charge in [-0.05, 0) is 19.3 Å². The molecule has 18 heavy (non-hydrogen) atoms. The highest BCUT2D eigenvalue weighted by Gasteiger charge is 2.89. The van der Waals surface area contributed by atoms with Crippen LogP contribution < -0.4 is 0 Å². The normalized spacial score (nSPS) is 53.1. The van der Waals surface area contributed by atoms with Crippen LogP contribution in [0.4, 0.5) is 0 Å². The maximum absolute atomic E-state index is 11.7. The monoisotopic (exact) mass is 270 g/mol. The number of carbonyl (C=O) groups is 1. The van der Waals surface area contributed by atoms with Gasteiger partial charge in [-0.2, -0.15) is 8.42 Å². The van der Waals surface area contributed by atoms with Gasteiger partial charge in [-0.25, -0.2) is 4.79 Å². The molecular formula is C12H14O5S. The topological polar surface area (TPSA) is 69.7 Å². The molecule has 6 unspecified atom stereocenters. The predicted molar refractivity (Wildman–Crippen MR) is 60.9 cm³/mol. The zero-order valence-corrected chi connectivity index (χ0v) is 10.8. The summed E-state index contributed by atoms with van der Waals surface area (Å²) in [5, 5.41) is 0. The van der Waals surface area contributed by atoms with Crippen molar-refractivity contribution in [2.45, 2.75) is 25.6 Å². The molecule has 1 spiro atoms. The van der Waals surface area contributed by atoms with Crippen molar-refractivity contribution in [3.05, 3.63) is 12.2 Å². The van der Waals surface area contributed by atoms with Crippen LogP contribution in [0.25, 0.3) is 0 Å². The molecule has 4 aliphatic rings. The second kappa shape index (κ2) is 2.82. The summed E-state index contributed by atoms with van der Waals surface area (Å²) in [6.45, 7) is 5.13. The van der Waals surface area contributed by atoms with E-state index >= 15 is 0 Å². The van der Waals surface area contributed by atoms with Crippen molar-refractivity contribution >= 4 is 16.1 Å². The van der Waals surface area contributed by atoms with Crippen molar-refractivity contribution in [3.8, 4) is 0 Å². The summed E-state index contributed by atoms with van der Waals surface area (Å²) in [5.74, 6) is 0.585. The Labute approximate surface area is 105 Å². The summed E-state index contributed by atoms with van der Waals surface area (Å²) < 4.78 is 34.0. The second-order valence-electron chi connectivity index (χ2n) is 6.00. The molecule has 6 heteroatoms. The highest BCUT2D eigenvalue weighted by atomic mass is 32.2. The fourth-order valence-corrected chi connectivity index (χ4v) is 6.38. The first-order valence-electron chi connectivity index (χ1n) is 6.14. The first-order valence-corrected chi connectivity index (χ1v) is 7.72. The molecule has 98 valence electrons. The van der Waals surface area contributed by atoms with E-state index in [1.165, 1.54) is 0 Å². The molecule has 3 aliphatic carbocycles. The van der Waals surface area contributed by atoms with Crippen molar-refractivity contribution in [1.82, 2.24) is 0 Å². The molecule has 1 heterocycles. The molecule has 6 atom stereocenters. The van der Waals surface area contributed by atoms with Gasteiger partial charge in [0.15, 0.2) is 0 Å². The summed E-state index contributed by atoms with van der Waals surface area (Å²) >= 11 is 0. The summed E-state index contributed by atoms with van der Waals surface area (Å²) in [7, 11) is -3.44. The smallest absolute Gasteiger partial charge is 0.333 e. The highest BCUT2D eigenvalue weighted by Crippen LogP contribution is 2.84. The lowest BCUT2D eigenvalue weighted by Gasteiger charge is -2.37. The van der Waals surface area contributed by atoms with Crippen LogP contribution in [0.15, 0.2) is 12.2 Å². The van der Waals surface area contributed by atoms with E-state index in [-0.39, 0.29) is 23.0 Å². The Balaban J connectivity index is 1.65. The van der Waals surface area contributed by atoms with Crippen LogP contribution >= 0.6 is 0 Å². The third-order valence-electron chi connectivity index (χ3n) is 5.18. The van der Waals surface area contributed by atoms with Gasteiger partial charge in [-0.15, -0.1) is 0 Å². The fraction of sp³-hybridized carbons (Fsp3) is 0.750. The predicted octanol–water partition coefficient (Wildman–Crippen LogP) is 0.469. The van der Waals surface area contributed by atoms with Gasteiger partial charge in [-0.3, -0.25) is 4.18 Å². The summed E-state index contributed by atoms with van der Waals surface area (Å²) in [6.07, 6.45) is 0.117. The third kappa shape index (κ3) is 1.03. The number of ether oxygens (including phenoxy) is 1. The molecule has 3 saturated carbocycles. The molecule has 0 aromatic rings. The first-order chi connectivity index (χ1) is 8.37. The third-order valence-corrected chi connectivity index (χ3v) is 6.55. The molecule has 1 aliphatic heterocycles. The lowest BCUT2D eigenvalue weighted by Crippen LogP contribution is -2.43. The van der Waals surface area contributed by atoms with E-state index in [2.05, 4.69) is 6.58 Å². The minimum absolute atomic E-state index is 0.109. The van der Waals surface area contributed by atoms with Crippen LogP contribution in [0.2, 0.25) is 0 Å².